The molecular weight excluding hydrogens is 401 g/mol. The molecule has 0 radical (unpaired) electrons. The molecule has 2 N–H and O–H groups in total. The lowest BCUT2D eigenvalue weighted by atomic mass is 10.2. The van der Waals surface area contributed by atoms with Crippen LogP contribution in [0.1, 0.15) is 12.5 Å². The second-order valence-electron chi connectivity index (χ2n) is 6.01. The fraction of sp³-hybridized carbons (Fsp3) is 0.150. The van der Waals surface area contributed by atoms with Crippen molar-refractivity contribution in [2.24, 2.45) is 0 Å². The smallest absolute Gasteiger partial charge is 0.246 e. The average Bonchev–Trinajstić information content (AvgIpc) is 2.63. The monoisotopic (exact) mass is 419 g/mol. The fourth-order valence-corrected chi connectivity index (χ4v) is 2.54. The average molecular weight is 420 g/mol. The van der Waals surface area contributed by atoms with E-state index in [1.807, 2.05) is 0 Å². The van der Waals surface area contributed by atoms with E-state index in [-0.39, 0.29) is 24.3 Å². The molecule has 0 saturated heterocycles. The van der Waals surface area contributed by atoms with Gasteiger partial charge in [-0.05, 0) is 42.0 Å². The van der Waals surface area contributed by atoms with E-state index >= 15 is 0 Å². The predicted octanol–water partition coefficient (Wildman–Crippen LogP) is 4.06. The highest BCUT2D eigenvalue weighted by Crippen LogP contribution is 2.24. The third kappa shape index (κ3) is 6.72. The van der Waals surface area contributed by atoms with E-state index in [0.29, 0.717) is 21.4 Å². The minimum Gasteiger partial charge on any atom is -0.333 e. The summed E-state index contributed by atoms with van der Waals surface area (Å²) in [6, 6.07) is 11.7. The largest absolute Gasteiger partial charge is 0.333 e. The maximum absolute atomic E-state index is 12.2. The fourth-order valence-electron chi connectivity index (χ4n) is 2.24. The molecule has 0 saturated carbocycles. The van der Waals surface area contributed by atoms with E-state index in [1.165, 1.54) is 31.0 Å². The number of nitrogens with one attached hydrogen (secondary N) is 2. The normalized spacial score (nSPS) is 10.6. The van der Waals surface area contributed by atoms with Crippen molar-refractivity contribution >= 4 is 58.4 Å². The van der Waals surface area contributed by atoms with Crippen LogP contribution in [0, 0.1) is 0 Å². The van der Waals surface area contributed by atoms with E-state index in [4.69, 9.17) is 23.2 Å². The summed E-state index contributed by atoms with van der Waals surface area (Å²) in [6.45, 7) is 1.31. The van der Waals surface area contributed by atoms with Gasteiger partial charge in [0.1, 0.15) is 0 Å². The third-order valence-electron chi connectivity index (χ3n) is 3.61. The van der Waals surface area contributed by atoms with E-state index < -0.39 is 0 Å². The van der Waals surface area contributed by atoms with Gasteiger partial charge in [0.25, 0.3) is 0 Å². The first kappa shape index (κ1) is 21.5. The summed E-state index contributed by atoms with van der Waals surface area (Å²) in [4.78, 5) is 36.6. The van der Waals surface area contributed by atoms with Gasteiger partial charge in [0, 0.05) is 31.4 Å². The van der Waals surface area contributed by atoms with E-state index in [9.17, 15) is 14.4 Å². The summed E-state index contributed by atoms with van der Waals surface area (Å²) in [5.41, 5.74) is 1.96. The van der Waals surface area contributed by atoms with E-state index in [2.05, 4.69) is 10.6 Å². The SMILES string of the molecule is CC(=O)Nc1ccc(/C=C/C(=O)N(C)CC(=O)Nc2ccc(Cl)c(Cl)c2)cc1. The van der Waals surface area contributed by atoms with Gasteiger partial charge >= 0.3 is 0 Å². The Morgan fingerprint density at radius 2 is 1.61 bits per heavy atom. The molecule has 3 amide bonds. The van der Waals surface area contributed by atoms with Gasteiger partial charge in [-0.15, -0.1) is 0 Å². The molecule has 0 aliphatic carbocycles. The first-order chi connectivity index (χ1) is 13.2. The molecule has 0 heterocycles. The van der Waals surface area contributed by atoms with Gasteiger partial charge < -0.3 is 15.5 Å². The molecule has 0 aliphatic rings. The molecule has 8 heteroatoms. The van der Waals surface area contributed by atoms with Gasteiger partial charge in [0.15, 0.2) is 0 Å². The summed E-state index contributed by atoms with van der Waals surface area (Å²) in [7, 11) is 1.53. The van der Waals surface area contributed by atoms with Crippen LogP contribution in [0.15, 0.2) is 48.5 Å². The Kier molecular flexibility index (Phi) is 7.61. The van der Waals surface area contributed by atoms with Gasteiger partial charge in [-0.25, -0.2) is 0 Å². The Hall–Kier alpha value is -2.83. The number of nitrogens with zero attached hydrogens (tertiary/aromatic N) is 1. The predicted molar refractivity (Wildman–Crippen MR) is 113 cm³/mol. The van der Waals surface area contributed by atoms with Crippen molar-refractivity contribution in [3.8, 4) is 0 Å². The quantitative estimate of drug-likeness (QED) is 0.692. The molecule has 28 heavy (non-hydrogen) atoms. The Bertz CT molecular complexity index is 911. The lowest BCUT2D eigenvalue weighted by molar-refractivity contribution is -0.129. The molecule has 2 rings (SSSR count). The van der Waals surface area contributed by atoms with Crippen LogP contribution in [0.5, 0.6) is 0 Å². The van der Waals surface area contributed by atoms with Crippen LogP contribution in [-0.4, -0.2) is 36.2 Å². The summed E-state index contributed by atoms with van der Waals surface area (Å²) < 4.78 is 0. The van der Waals surface area contributed by atoms with Crippen LogP contribution < -0.4 is 10.6 Å². The molecule has 6 nitrogen and oxygen atoms in total. The zero-order valence-corrected chi connectivity index (χ0v) is 16.8. The van der Waals surface area contributed by atoms with Crippen LogP contribution >= 0.6 is 23.2 Å². The van der Waals surface area contributed by atoms with Crippen molar-refractivity contribution in [3.63, 3.8) is 0 Å². The van der Waals surface area contributed by atoms with Gasteiger partial charge in [-0.1, -0.05) is 35.3 Å². The Morgan fingerprint density at radius 3 is 2.21 bits per heavy atom. The molecule has 0 unspecified atom stereocenters. The molecule has 146 valence electrons. The number of benzene rings is 2. The van der Waals surface area contributed by atoms with Gasteiger partial charge in [-0.3, -0.25) is 14.4 Å². The van der Waals surface area contributed by atoms with Crippen molar-refractivity contribution in [1.82, 2.24) is 4.90 Å². The molecular formula is C20H19Cl2N3O3. The molecule has 0 aromatic heterocycles. The zero-order valence-electron chi connectivity index (χ0n) is 15.3. The zero-order chi connectivity index (χ0) is 20.7. The van der Waals surface area contributed by atoms with Gasteiger partial charge in [0.05, 0.1) is 16.6 Å². The highest BCUT2D eigenvalue weighted by molar-refractivity contribution is 6.42. The summed E-state index contributed by atoms with van der Waals surface area (Å²) in [6.07, 6.45) is 3.01. The number of carbonyl (C=O) groups excluding carboxylic acids is 3. The molecule has 0 spiro atoms. The number of anilines is 2. The van der Waals surface area contributed by atoms with Crippen molar-refractivity contribution in [2.45, 2.75) is 6.92 Å². The molecule has 0 fully saturated rings. The van der Waals surface area contributed by atoms with Crippen molar-refractivity contribution in [2.75, 3.05) is 24.2 Å². The summed E-state index contributed by atoms with van der Waals surface area (Å²) in [5.74, 6) is -0.836. The second-order valence-corrected chi connectivity index (χ2v) is 6.82. The number of hydrogen-bond acceptors (Lipinski definition) is 3. The minimum absolute atomic E-state index is 0.120. The lowest BCUT2D eigenvalue weighted by Gasteiger charge is -2.15. The van der Waals surface area contributed by atoms with Crippen LogP contribution in [0.2, 0.25) is 10.0 Å². The molecule has 2 aromatic rings. The molecule has 2 aromatic carbocycles. The van der Waals surface area contributed by atoms with Crippen molar-refractivity contribution < 1.29 is 14.4 Å². The minimum atomic E-state index is -0.359. The summed E-state index contributed by atoms with van der Waals surface area (Å²) >= 11 is 11.7. The lowest BCUT2D eigenvalue weighted by Crippen LogP contribution is -2.33. The Balaban J connectivity index is 1.89. The first-order valence-electron chi connectivity index (χ1n) is 8.30. The van der Waals surface area contributed by atoms with Crippen molar-refractivity contribution in [1.29, 1.82) is 0 Å². The summed E-state index contributed by atoms with van der Waals surface area (Å²) in [5, 5.41) is 6.04. The highest BCUT2D eigenvalue weighted by Gasteiger charge is 2.11. The molecule has 0 bridgehead atoms. The van der Waals surface area contributed by atoms with Crippen LogP contribution in [0.4, 0.5) is 11.4 Å². The maximum Gasteiger partial charge on any atom is 0.246 e. The van der Waals surface area contributed by atoms with E-state index in [1.54, 1.807) is 42.5 Å². The topological polar surface area (TPSA) is 78.5 Å². The van der Waals surface area contributed by atoms with E-state index in [0.717, 1.165) is 5.56 Å². The number of halogens is 2. The Labute approximate surface area is 173 Å². The van der Waals surface area contributed by atoms with Gasteiger partial charge in [0.2, 0.25) is 17.7 Å². The number of hydrogen-bond donors (Lipinski definition) is 2. The number of rotatable bonds is 6. The third-order valence-corrected chi connectivity index (χ3v) is 4.35. The second kappa shape index (κ2) is 9.92. The van der Waals surface area contributed by atoms with Crippen LogP contribution in [0.3, 0.4) is 0 Å². The highest BCUT2D eigenvalue weighted by atomic mass is 35.5. The van der Waals surface area contributed by atoms with Crippen LogP contribution in [0.25, 0.3) is 6.08 Å². The standard InChI is InChI=1S/C20H19Cl2N3O3/c1-13(26)23-15-6-3-14(4-7-15)5-10-20(28)25(2)12-19(27)24-16-8-9-17(21)18(22)11-16/h3-11H,12H2,1-2H3,(H,23,26)(H,24,27)/b10-5+. The Morgan fingerprint density at radius 1 is 0.964 bits per heavy atom. The van der Waals surface area contributed by atoms with Crippen molar-refractivity contribution in [3.05, 3.63) is 64.1 Å². The molecule has 0 atom stereocenters. The maximum atomic E-state index is 12.2. The van der Waals surface area contributed by atoms with Gasteiger partial charge in [-0.2, -0.15) is 0 Å². The number of carbonyl (C=O) groups is 3. The number of likely N-dealkylation sites (N-methyl/N-ethyl adjacent to an activating group) is 1. The first-order valence-corrected chi connectivity index (χ1v) is 9.06. The van der Waals surface area contributed by atoms with Crippen LogP contribution in [-0.2, 0) is 14.4 Å². The molecule has 0 aliphatic heterocycles. The number of amides is 3.